The Morgan fingerprint density at radius 3 is 2.21 bits per heavy atom. The highest BCUT2D eigenvalue weighted by Gasteiger charge is 2.19. The van der Waals surface area contributed by atoms with Crippen molar-refractivity contribution in [2.24, 2.45) is 0 Å². The Balaban J connectivity index is 2.62. The zero-order chi connectivity index (χ0) is 14.3. The second kappa shape index (κ2) is 7.67. The van der Waals surface area contributed by atoms with Crippen LogP contribution in [0.5, 0.6) is 11.5 Å². The highest BCUT2D eigenvalue weighted by atomic mass is 16.5. The predicted octanol–water partition coefficient (Wildman–Crippen LogP) is 2.77. The van der Waals surface area contributed by atoms with Gasteiger partial charge in [-0.25, -0.2) is 0 Å². The monoisotopic (exact) mass is 265 g/mol. The third kappa shape index (κ3) is 4.81. The van der Waals surface area contributed by atoms with Crippen molar-refractivity contribution >= 4 is 5.91 Å². The van der Waals surface area contributed by atoms with Gasteiger partial charge in [0.25, 0.3) is 5.91 Å². The summed E-state index contributed by atoms with van der Waals surface area (Å²) in [4.78, 5) is 12.0. The average molecular weight is 265 g/mol. The zero-order valence-electron chi connectivity index (χ0n) is 12.1. The first-order valence-corrected chi connectivity index (χ1v) is 6.71. The van der Waals surface area contributed by atoms with Crippen molar-refractivity contribution in [3.05, 3.63) is 24.3 Å². The number of hydrogen-bond donors (Lipinski definition) is 1. The first kappa shape index (κ1) is 15.3. The van der Waals surface area contributed by atoms with E-state index in [2.05, 4.69) is 5.32 Å². The zero-order valence-corrected chi connectivity index (χ0v) is 12.1. The first-order chi connectivity index (χ1) is 9.10. The summed E-state index contributed by atoms with van der Waals surface area (Å²) in [6, 6.07) is 7.40. The van der Waals surface area contributed by atoms with E-state index in [0.717, 1.165) is 12.2 Å². The van der Waals surface area contributed by atoms with Crippen LogP contribution in [0.25, 0.3) is 0 Å². The Morgan fingerprint density at radius 2 is 1.74 bits per heavy atom. The molecule has 0 heterocycles. The van der Waals surface area contributed by atoms with Gasteiger partial charge in [-0.15, -0.1) is 0 Å². The van der Waals surface area contributed by atoms with Gasteiger partial charge in [0.05, 0.1) is 7.11 Å². The summed E-state index contributed by atoms with van der Waals surface area (Å²) in [5.41, 5.74) is 0. The average Bonchev–Trinajstić information content (AvgIpc) is 2.44. The molecule has 1 amide bonds. The lowest BCUT2D eigenvalue weighted by Gasteiger charge is -2.19. The second-order valence-electron chi connectivity index (χ2n) is 4.51. The third-order valence-electron chi connectivity index (χ3n) is 3.00. The minimum atomic E-state index is -0.456. The van der Waals surface area contributed by atoms with Crippen LogP contribution in [0.3, 0.4) is 0 Å². The maximum atomic E-state index is 12.0. The molecule has 0 radical (unpaired) electrons. The predicted molar refractivity (Wildman–Crippen MR) is 75.6 cm³/mol. The van der Waals surface area contributed by atoms with E-state index in [1.165, 1.54) is 0 Å². The Morgan fingerprint density at radius 1 is 1.16 bits per heavy atom. The number of benzene rings is 1. The number of carbonyl (C=O) groups excluding carboxylic acids is 1. The lowest BCUT2D eigenvalue weighted by Crippen LogP contribution is -2.42. The molecule has 0 aliphatic heterocycles. The normalized spacial score (nSPS) is 13.5. The molecule has 106 valence electrons. The van der Waals surface area contributed by atoms with Crippen molar-refractivity contribution in [1.82, 2.24) is 5.32 Å². The second-order valence-corrected chi connectivity index (χ2v) is 4.51. The summed E-state index contributed by atoms with van der Waals surface area (Å²) in [7, 11) is 1.62. The van der Waals surface area contributed by atoms with E-state index >= 15 is 0 Å². The molecule has 0 aromatic heterocycles. The number of rotatable bonds is 7. The third-order valence-corrected chi connectivity index (χ3v) is 3.00. The van der Waals surface area contributed by atoms with Gasteiger partial charge >= 0.3 is 0 Å². The Labute approximate surface area is 115 Å². The molecule has 0 spiro atoms. The topological polar surface area (TPSA) is 47.6 Å². The summed E-state index contributed by atoms with van der Waals surface area (Å²) in [5, 5.41) is 2.93. The van der Waals surface area contributed by atoms with Crippen LogP contribution in [0.2, 0.25) is 0 Å². The minimum Gasteiger partial charge on any atom is -0.497 e. The van der Waals surface area contributed by atoms with E-state index in [0.29, 0.717) is 12.2 Å². The summed E-state index contributed by atoms with van der Waals surface area (Å²) >= 11 is 0. The fraction of sp³-hybridized carbons (Fsp3) is 0.533. The van der Waals surface area contributed by atoms with Gasteiger partial charge in [0.2, 0.25) is 0 Å². The fourth-order valence-electron chi connectivity index (χ4n) is 1.58. The van der Waals surface area contributed by atoms with Crippen molar-refractivity contribution in [3.63, 3.8) is 0 Å². The van der Waals surface area contributed by atoms with Gasteiger partial charge < -0.3 is 14.8 Å². The molecule has 0 bridgehead atoms. The molecule has 1 N–H and O–H groups in total. The molecular formula is C15H23NO3. The van der Waals surface area contributed by atoms with Gasteiger partial charge in [-0.3, -0.25) is 4.79 Å². The van der Waals surface area contributed by atoms with Crippen molar-refractivity contribution in [3.8, 4) is 11.5 Å². The van der Waals surface area contributed by atoms with Gasteiger partial charge in [-0.05, 0) is 44.0 Å². The van der Waals surface area contributed by atoms with Crippen molar-refractivity contribution in [1.29, 1.82) is 0 Å². The SMILES string of the molecule is CC[C@H](C)NC(=O)[C@@H](CC)Oc1ccc(OC)cc1. The van der Waals surface area contributed by atoms with Crippen LogP contribution in [-0.2, 0) is 4.79 Å². The van der Waals surface area contributed by atoms with Crippen LogP contribution < -0.4 is 14.8 Å². The van der Waals surface area contributed by atoms with E-state index in [9.17, 15) is 4.79 Å². The van der Waals surface area contributed by atoms with Crippen molar-refractivity contribution < 1.29 is 14.3 Å². The fourth-order valence-corrected chi connectivity index (χ4v) is 1.58. The van der Waals surface area contributed by atoms with E-state index < -0.39 is 6.10 Å². The molecule has 0 saturated carbocycles. The molecule has 0 fully saturated rings. The van der Waals surface area contributed by atoms with Crippen LogP contribution >= 0.6 is 0 Å². The van der Waals surface area contributed by atoms with Gasteiger partial charge in [0.15, 0.2) is 6.10 Å². The summed E-state index contributed by atoms with van der Waals surface area (Å²) < 4.78 is 10.8. The molecule has 0 unspecified atom stereocenters. The van der Waals surface area contributed by atoms with E-state index in [4.69, 9.17) is 9.47 Å². The maximum absolute atomic E-state index is 12.0. The molecule has 0 aliphatic carbocycles. The molecule has 2 atom stereocenters. The van der Waals surface area contributed by atoms with Crippen LogP contribution in [0, 0.1) is 0 Å². The van der Waals surface area contributed by atoms with Gasteiger partial charge in [-0.1, -0.05) is 13.8 Å². The summed E-state index contributed by atoms with van der Waals surface area (Å²) in [6.45, 7) is 5.96. The van der Waals surface area contributed by atoms with E-state index in [1.54, 1.807) is 19.2 Å². The number of nitrogens with one attached hydrogen (secondary N) is 1. The molecule has 1 rings (SSSR count). The molecular weight excluding hydrogens is 242 g/mol. The Bertz CT molecular complexity index is 389. The largest absolute Gasteiger partial charge is 0.497 e. The molecule has 1 aromatic rings. The van der Waals surface area contributed by atoms with Crippen molar-refractivity contribution in [2.45, 2.75) is 45.8 Å². The van der Waals surface area contributed by atoms with Gasteiger partial charge in [0, 0.05) is 6.04 Å². The van der Waals surface area contributed by atoms with Crippen molar-refractivity contribution in [2.75, 3.05) is 7.11 Å². The first-order valence-electron chi connectivity index (χ1n) is 6.71. The number of ether oxygens (including phenoxy) is 2. The van der Waals surface area contributed by atoms with Gasteiger partial charge in [0.1, 0.15) is 11.5 Å². The Hall–Kier alpha value is -1.71. The molecule has 4 nitrogen and oxygen atoms in total. The summed E-state index contributed by atoms with van der Waals surface area (Å²) in [6.07, 6.45) is 1.08. The van der Waals surface area contributed by atoms with Crippen LogP contribution in [0.1, 0.15) is 33.6 Å². The van der Waals surface area contributed by atoms with Gasteiger partial charge in [-0.2, -0.15) is 0 Å². The minimum absolute atomic E-state index is 0.0623. The maximum Gasteiger partial charge on any atom is 0.261 e. The molecule has 0 saturated heterocycles. The number of amides is 1. The standard InChI is InChI=1S/C15H23NO3/c1-5-11(3)16-15(17)14(6-2)19-13-9-7-12(18-4)8-10-13/h7-11,14H,5-6H2,1-4H3,(H,16,17)/t11-,14+/m0/s1. The number of carbonyl (C=O) groups is 1. The lowest BCUT2D eigenvalue weighted by atomic mass is 10.2. The quantitative estimate of drug-likeness (QED) is 0.824. The van der Waals surface area contributed by atoms with Crippen LogP contribution in [0.4, 0.5) is 0 Å². The van der Waals surface area contributed by atoms with Crippen LogP contribution in [-0.4, -0.2) is 25.2 Å². The van der Waals surface area contributed by atoms with E-state index in [1.807, 2.05) is 32.9 Å². The summed E-state index contributed by atoms with van der Waals surface area (Å²) in [5.74, 6) is 1.38. The molecule has 19 heavy (non-hydrogen) atoms. The molecule has 1 aromatic carbocycles. The molecule has 0 aliphatic rings. The molecule has 4 heteroatoms. The highest BCUT2D eigenvalue weighted by molar-refractivity contribution is 5.81. The smallest absolute Gasteiger partial charge is 0.261 e. The Kier molecular flexibility index (Phi) is 6.19. The number of methoxy groups -OCH3 is 1. The van der Waals surface area contributed by atoms with Crippen LogP contribution in [0.15, 0.2) is 24.3 Å². The lowest BCUT2D eigenvalue weighted by molar-refractivity contribution is -0.128. The highest BCUT2D eigenvalue weighted by Crippen LogP contribution is 2.19. The number of hydrogen-bond acceptors (Lipinski definition) is 3. The van der Waals surface area contributed by atoms with E-state index in [-0.39, 0.29) is 11.9 Å².